The molecule has 0 spiro atoms. The van der Waals surface area contributed by atoms with Gasteiger partial charge in [-0.05, 0) is 55.6 Å². The van der Waals surface area contributed by atoms with E-state index in [-0.39, 0.29) is 11.9 Å². The molecule has 1 nitrogen and oxygen atoms in total. The molecule has 0 aliphatic heterocycles. The topological polar surface area (TPSA) is 12.0 Å². The van der Waals surface area contributed by atoms with Crippen molar-refractivity contribution in [2.24, 2.45) is 0 Å². The summed E-state index contributed by atoms with van der Waals surface area (Å²) in [7, 11) is 0. The zero-order valence-corrected chi connectivity index (χ0v) is 13.3. The van der Waals surface area contributed by atoms with Gasteiger partial charge in [-0.25, -0.2) is 4.39 Å². The molecule has 2 rings (SSSR count). The molecule has 0 bridgehead atoms. The lowest BCUT2D eigenvalue weighted by Gasteiger charge is -2.20. The summed E-state index contributed by atoms with van der Waals surface area (Å²) >= 11 is 6.25. The molecule has 1 atom stereocenters. The summed E-state index contributed by atoms with van der Waals surface area (Å²) in [6.07, 6.45) is 1.82. The van der Waals surface area contributed by atoms with E-state index in [1.807, 2.05) is 0 Å². The smallest absolute Gasteiger partial charge is 0.123 e. The van der Waals surface area contributed by atoms with Crippen molar-refractivity contribution in [1.82, 2.24) is 5.32 Å². The monoisotopic (exact) mass is 305 g/mol. The third-order valence-electron chi connectivity index (χ3n) is 3.53. The van der Waals surface area contributed by atoms with Crippen LogP contribution in [0.1, 0.15) is 36.1 Å². The second kappa shape index (κ2) is 7.58. The Hall–Kier alpha value is -1.38. The Labute approximate surface area is 131 Å². The Bertz CT molecular complexity index is 580. The molecular weight excluding hydrogens is 285 g/mol. The van der Waals surface area contributed by atoms with Crippen LogP contribution in [-0.2, 0) is 6.42 Å². The molecule has 21 heavy (non-hydrogen) atoms. The highest BCUT2D eigenvalue weighted by Gasteiger charge is 2.15. The Morgan fingerprint density at radius 2 is 1.86 bits per heavy atom. The van der Waals surface area contributed by atoms with Gasteiger partial charge in [0.2, 0.25) is 0 Å². The first-order chi connectivity index (χ1) is 10.1. The fraction of sp³-hybridized carbons (Fsp3) is 0.333. The van der Waals surface area contributed by atoms with E-state index in [2.05, 4.69) is 43.4 Å². The molecule has 0 saturated heterocycles. The molecule has 0 aliphatic rings. The molecule has 0 fully saturated rings. The summed E-state index contributed by atoms with van der Waals surface area (Å²) in [5.41, 5.74) is 3.28. The van der Waals surface area contributed by atoms with E-state index in [0.717, 1.165) is 24.9 Å². The summed E-state index contributed by atoms with van der Waals surface area (Å²) in [6.45, 7) is 5.06. The van der Waals surface area contributed by atoms with Crippen LogP contribution in [0.25, 0.3) is 0 Å². The van der Waals surface area contributed by atoms with Crippen molar-refractivity contribution in [2.75, 3.05) is 6.54 Å². The van der Waals surface area contributed by atoms with Crippen molar-refractivity contribution >= 4 is 11.6 Å². The lowest BCUT2D eigenvalue weighted by molar-refractivity contribution is 0.524. The minimum atomic E-state index is -0.249. The maximum atomic E-state index is 13.5. The Balaban J connectivity index is 2.25. The van der Waals surface area contributed by atoms with Gasteiger partial charge in [-0.1, -0.05) is 48.4 Å². The average molecular weight is 306 g/mol. The summed E-state index contributed by atoms with van der Waals surface area (Å²) in [6, 6.07) is 13.0. The molecule has 0 aliphatic carbocycles. The van der Waals surface area contributed by atoms with Crippen molar-refractivity contribution in [1.29, 1.82) is 0 Å². The summed E-state index contributed by atoms with van der Waals surface area (Å²) in [5.74, 6) is -0.249. The maximum Gasteiger partial charge on any atom is 0.123 e. The number of benzene rings is 2. The lowest BCUT2D eigenvalue weighted by Crippen LogP contribution is -2.24. The third-order valence-corrected chi connectivity index (χ3v) is 3.88. The minimum absolute atomic E-state index is 0.0239. The van der Waals surface area contributed by atoms with Crippen LogP contribution < -0.4 is 5.32 Å². The first kappa shape index (κ1) is 16.0. The number of halogens is 2. The first-order valence-electron chi connectivity index (χ1n) is 7.34. The molecule has 0 aromatic heterocycles. The Morgan fingerprint density at radius 3 is 2.52 bits per heavy atom. The molecule has 112 valence electrons. The summed E-state index contributed by atoms with van der Waals surface area (Å²) in [5, 5.41) is 4.07. The van der Waals surface area contributed by atoms with Crippen molar-refractivity contribution in [2.45, 2.75) is 32.7 Å². The van der Waals surface area contributed by atoms with Gasteiger partial charge in [-0.3, -0.25) is 0 Å². The van der Waals surface area contributed by atoms with Gasteiger partial charge in [-0.15, -0.1) is 0 Å². The van der Waals surface area contributed by atoms with E-state index in [9.17, 15) is 4.39 Å². The van der Waals surface area contributed by atoms with E-state index < -0.39 is 0 Å². The van der Waals surface area contributed by atoms with Gasteiger partial charge in [0.05, 0.1) is 0 Å². The second-order valence-electron chi connectivity index (χ2n) is 5.36. The predicted molar refractivity (Wildman–Crippen MR) is 87.3 cm³/mol. The van der Waals surface area contributed by atoms with E-state index in [4.69, 9.17) is 11.6 Å². The molecule has 0 amide bonds. The van der Waals surface area contributed by atoms with Crippen LogP contribution in [0.2, 0.25) is 5.02 Å². The van der Waals surface area contributed by atoms with Crippen LogP contribution >= 0.6 is 11.6 Å². The van der Waals surface area contributed by atoms with Crippen molar-refractivity contribution in [3.8, 4) is 0 Å². The number of aryl methyl sites for hydroxylation is 1. The lowest BCUT2D eigenvalue weighted by atomic mass is 9.98. The van der Waals surface area contributed by atoms with E-state index in [0.29, 0.717) is 5.02 Å². The highest BCUT2D eigenvalue weighted by Crippen LogP contribution is 2.27. The van der Waals surface area contributed by atoms with Crippen LogP contribution in [0, 0.1) is 12.7 Å². The molecule has 1 N–H and O–H groups in total. The second-order valence-corrected chi connectivity index (χ2v) is 5.77. The Kier molecular flexibility index (Phi) is 5.77. The molecule has 2 aromatic rings. The van der Waals surface area contributed by atoms with Gasteiger partial charge in [0.15, 0.2) is 0 Å². The fourth-order valence-electron chi connectivity index (χ4n) is 2.35. The molecule has 1 unspecified atom stereocenters. The first-order valence-corrected chi connectivity index (χ1v) is 7.72. The summed E-state index contributed by atoms with van der Waals surface area (Å²) < 4.78 is 13.5. The normalized spacial score (nSPS) is 12.4. The fourth-order valence-corrected chi connectivity index (χ4v) is 2.60. The van der Waals surface area contributed by atoms with E-state index >= 15 is 0 Å². The van der Waals surface area contributed by atoms with Gasteiger partial charge in [0, 0.05) is 11.1 Å². The largest absolute Gasteiger partial charge is 0.310 e. The average Bonchev–Trinajstić information content (AvgIpc) is 2.48. The number of nitrogens with one attached hydrogen (secondary N) is 1. The number of rotatable bonds is 6. The van der Waals surface area contributed by atoms with Gasteiger partial charge < -0.3 is 5.32 Å². The standard InChI is InChI=1S/C18H21ClFN/c1-3-10-21-18(11-14-6-4-13(2)5-7-14)16-12-15(20)8-9-17(16)19/h4-9,12,18,21H,3,10-11H2,1-2H3. The predicted octanol–water partition coefficient (Wildman–Crippen LogP) is 5.07. The van der Waals surface area contributed by atoms with Gasteiger partial charge in [-0.2, -0.15) is 0 Å². The van der Waals surface area contributed by atoms with Gasteiger partial charge >= 0.3 is 0 Å². The van der Waals surface area contributed by atoms with Crippen LogP contribution in [0.3, 0.4) is 0 Å². The number of hydrogen-bond donors (Lipinski definition) is 1. The number of hydrogen-bond acceptors (Lipinski definition) is 1. The molecule has 2 aromatic carbocycles. The van der Waals surface area contributed by atoms with Crippen LogP contribution in [0.15, 0.2) is 42.5 Å². The molecule has 0 saturated carbocycles. The molecular formula is C18H21ClFN. The van der Waals surface area contributed by atoms with Gasteiger partial charge in [0.1, 0.15) is 5.82 Å². The van der Waals surface area contributed by atoms with Crippen LogP contribution in [-0.4, -0.2) is 6.54 Å². The maximum absolute atomic E-state index is 13.5. The van der Waals surface area contributed by atoms with E-state index in [1.54, 1.807) is 6.07 Å². The minimum Gasteiger partial charge on any atom is -0.310 e. The Morgan fingerprint density at radius 1 is 1.14 bits per heavy atom. The quantitative estimate of drug-likeness (QED) is 0.785. The molecule has 0 radical (unpaired) electrons. The zero-order chi connectivity index (χ0) is 15.2. The third kappa shape index (κ3) is 4.55. The van der Waals surface area contributed by atoms with Crippen molar-refractivity contribution < 1.29 is 4.39 Å². The summed E-state index contributed by atoms with van der Waals surface area (Å²) in [4.78, 5) is 0. The molecule has 0 heterocycles. The highest BCUT2D eigenvalue weighted by atomic mass is 35.5. The van der Waals surface area contributed by atoms with Crippen molar-refractivity contribution in [3.63, 3.8) is 0 Å². The highest BCUT2D eigenvalue weighted by molar-refractivity contribution is 6.31. The van der Waals surface area contributed by atoms with Gasteiger partial charge in [0.25, 0.3) is 0 Å². The SMILES string of the molecule is CCCNC(Cc1ccc(C)cc1)c1cc(F)ccc1Cl. The van der Waals surface area contributed by atoms with Crippen LogP contribution in [0.4, 0.5) is 4.39 Å². The van der Waals surface area contributed by atoms with E-state index in [1.165, 1.54) is 23.3 Å². The zero-order valence-electron chi connectivity index (χ0n) is 12.5. The molecule has 3 heteroatoms. The van der Waals surface area contributed by atoms with Crippen LogP contribution in [0.5, 0.6) is 0 Å². The van der Waals surface area contributed by atoms with Crippen molar-refractivity contribution in [3.05, 3.63) is 70.0 Å².